The van der Waals surface area contributed by atoms with Gasteiger partial charge in [-0.1, -0.05) is 0 Å². The lowest BCUT2D eigenvalue weighted by Crippen LogP contribution is -2.40. The lowest BCUT2D eigenvalue weighted by Gasteiger charge is -2.22. The molecule has 0 saturated carbocycles. The van der Waals surface area contributed by atoms with Crippen molar-refractivity contribution in [3.05, 3.63) is 42.4 Å². The Kier molecular flexibility index (Phi) is 6.23. The van der Waals surface area contributed by atoms with Crippen LogP contribution in [0.15, 0.2) is 41.0 Å². The second-order valence-corrected chi connectivity index (χ2v) is 6.16. The summed E-state index contributed by atoms with van der Waals surface area (Å²) in [7, 11) is 2.96. The van der Waals surface area contributed by atoms with Crippen molar-refractivity contribution < 1.29 is 31.9 Å². The lowest BCUT2D eigenvalue weighted by molar-refractivity contribution is -0.163. The second kappa shape index (κ2) is 8.84. The van der Waals surface area contributed by atoms with E-state index in [2.05, 4.69) is 15.4 Å². The molecule has 0 unspecified atom stereocenters. The van der Waals surface area contributed by atoms with Gasteiger partial charge in [0.25, 0.3) is 0 Å². The summed E-state index contributed by atoms with van der Waals surface area (Å²) in [6, 6.07) is 7.94. The SMILES string of the molecule is COc1ccc(-c2nnn(CC(=O)N(Cc3ccco3)CC(F)(F)F)n2)cc1OC. The van der Waals surface area contributed by atoms with E-state index in [4.69, 9.17) is 13.9 Å². The molecule has 0 radical (unpaired) electrons. The number of carbonyl (C=O) groups excluding carboxylic acids is 1. The van der Waals surface area contributed by atoms with Crippen LogP contribution in [0, 0.1) is 0 Å². The normalized spacial score (nSPS) is 11.4. The van der Waals surface area contributed by atoms with Crippen LogP contribution in [0.5, 0.6) is 11.5 Å². The third kappa shape index (κ3) is 5.27. The Balaban J connectivity index is 1.75. The van der Waals surface area contributed by atoms with Crippen molar-refractivity contribution >= 4 is 5.91 Å². The molecule has 0 spiro atoms. The molecule has 160 valence electrons. The van der Waals surface area contributed by atoms with Crippen molar-refractivity contribution in [2.24, 2.45) is 0 Å². The lowest BCUT2D eigenvalue weighted by atomic mass is 10.2. The summed E-state index contributed by atoms with van der Waals surface area (Å²) in [5.74, 6) is 0.518. The zero-order chi connectivity index (χ0) is 21.7. The van der Waals surface area contributed by atoms with Crippen molar-refractivity contribution in [1.82, 2.24) is 25.1 Å². The van der Waals surface area contributed by atoms with Crippen LogP contribution in [0.1, 0.15) is 5.76 Å². The number of tetrazole rings is 1. The van der Waals surface area contributed by atoms with Gasteiger partial charge in [-0.05, 0) is 35.5 Å². The van der Waals surface area contributed by atoms with Gasteiger partial charge in [0.1, 0.15) is 18.8 Å². The van der Waals surface area contributed by atoms with Crippen LogP contribution in [-0.2, 0) is 17.9 Å². The number of rotatable bonds is 8. The van der Waals surface area contributed by atoms with Crippen LogP contribution in [0.4, 0.5) is 13.2 Å². The van der Waals surface area contributed by atoms with Gasteiger partial charge in [-0.2, -0.15) is 18.0 Å². The molecule has 0 atom stereocenters. The molecule has 9 nitrogen and oxygen atoms in total. The van der Waals surface area contributed by atoms with Gasteiger partial charge < -0.3 is 18.8 Å². The Labute approximate surface area is 169 Å². The average Bonchev–Trinajstić information content (AvgIpc) is 3.38. The number of methoxy groups -OCH3 is 2. The average molecular weight is 425 g/mol. The summed E-state index contributed by atoms with van der Waals surface area (Å²) >= 11 is 0. The minimum Gasteiger partial charge on any atom is -0.493 e. The van der Waals surface area contributed by atoms with Gasteiger partial charge in [-0.25, -0.2) is 0 Å². The largest absolute Gasteiger partial charge is 0.493 e. The van der Waals surface area contributed by atoms with Crippen LogP contribution in [0.25, 0.3) is 11.4 Å². The molecule has 0 saturated heterocycles. The molecule has 0 N–H and O–H groups in total. The number of alkyl halides is 3. The fourth-order valence-electron chi connectivity index (χ4n) is 2.66. The molecule has 0 bridgehead atoms. The summed E-state index contributed by atoms with van der Waals surface area (Å²) in [6.07, 6.45) is -3.25. The first kappa shape index (κ1) is 21.1. The molecule has 0 fully saturated rings. The summed E-state index contributed by atoms with van der Waals surface area (Å²) in [4.78, 5) is 14.0. The number of ether oxygens (including phenoxy) is 2. The molecule has 2 heterocycles. The fraction of sp³-hybridized carbons (Fsp3) is 0.333. The number of amides is 1. The Morgan fingerprint density at radius 3 is 2.60 bits per heavy atom. The van der Waals surface area contributed by atoms with Gasteiger partial charge >= 0.3 is 6.18 Å². The molecular formula is C18H18F3N5O4. The van der Waals surface area contributed by atoms with Crippen molar-refractivity contribution in [3.63, 3.8) is 0 Å². The number of halogens is 3. The van der Waals surface area contributed by atoms with E-state index in [1.807, 2.05) is 0 Å². The molecule has 2 aromatic heterocycles. The highest BCUT2D eigenvalue weighted by Crippen LogP contribution is 2.30. The number of benzene rings is 1. The van der Waals surface area contributed by atoms with Crippen LogP contribution in [0.2, 0.25) is 0 Å². The standard InChI is InChI=1S/C18H18F3N5O4/c1-28-14-6-5-12(8-15(14)29-2)17-22-24-26(23-17)10-16(27)25(11-18(19,20)21)9-13-4-3-7-30-13/h3-8H,9-11H2,1-2H3. The van der Waals surface area contributed by atoms with Gasteiger partial charge in [0, 0.05) is 5.56 Å². The predicted molar refractivity (Wildman–Crippen MR) is 96.5 cm³/mol. The monoisotopic (exact) mass is 425 g/mol. The quantitative estimate of drug-likeness (QED) is 0.547. The Bertz CT molecular complexity index is 988. The molecule has 1 aromatic carbocycles. The van der Waals surface area contributed by atoms with Crippen molar-refractivity contribution in [2.75, 3.05) is 20.8 Å². The highest BCUT2D eigenvalue weighted by atomic mass is 19.4. The number of furan rings is 1. The first-order chi connectivity index (χ1) is 14.3. The third-order valence-electron chi connectivity index (χ3n) is 4.02. The van der Waals surface area contributed by atoms with E-state index in [-0.39, 0.29) is 18.1 Å². The summed E-state index contributed by atoms with van der Waals surface area (Å²) in [6.45, 7) is -2.27. The van der Waals surface area contributed by atoms with Crippen LogP contribution in [0.3, 0.4) is 0 Å². The van der Waals surface area contributed by atoms with E-state index in [0.29, 0.717) is 22.0 Å². The summed E-state index contributed by atoms with van der Waals surface area (Å²) < 4.78 is 54.1. The molecule has 1 amide bonds. The van der Waals surface area contributed by atoms with E-state index in [0.717, 1.165) is 4.80 Å². The maximum atomic E-state index is 12.9. The Morgan fingerprint density at radius 1 is 1.20 bits per heavy atom. The van der Waals surface area contributed by atoms with Gasteiger partial charge in [-0.3, -0.25) is 4.79 Å². The highest BCUT2D eigenvalue weighted by Gasteiger charge is 2.33. The molecule has 0 aliphatic rings. The first-order valence-electron chi connectivity index (χ1n) is 8.66. The number of hydrogen-bond donors (Lipinski definition) is 0. The van der Waals surface area contributed by atoms with Crippen molar-refractivity contribution in [2.45, 2.75) is 19.3 Å². The second-order valence-electron chi connectivity index (χ2n) is 6.16. The first-order valence-corrected chi connectivity index (χ1v) is 8.66. The molecule has 3 rings (SSSR count). The molecular weight excluding hydrogens is 407 g/mol. The summed E-state index contributed by atoms with van der Waals surface area (Å²) in [5.41, 5.74) is 0.536. The highest BCUT2D eigenvalue weighted by molar-refractivity contribution is 5.75. The van der Waals surface area contributed by atoms with Gasteiger partial charge in [0.05, 0.1) is 27.0 Å². The summed E-state index contributed by atoms with van der Waals surface area (Å²) in [5, 5.41) is 11.7. The molecule has 12 heteroatoms. The van der Waals surface area contributed by atoms with Gasteiger partial charge in [0.2, 0.25) is 11.7 Å². The molecule has 0 aliphatic heterocycles. The number of aromatic nitrogens is 4. The molecule has 30 heavy (non-hydrogen) atoms. The maximum Gasteiger partial charge on any atom is 0.406 e. The fourth-order valence-corrected chi connectivity index (χ4v) is 2.66. The van der Waals surface area contributed by atoms with Crippen LogP contribution >= 0.6 is 0 Å². The predicted octanol–water partition coefficient (Wildman–Crippen LogP) is 2.54. The topological polar surface area (TPSA) is 95.5 Å². The van der Waals surface area contributed by atoms with E-state index >= 15 is 0 Å². The van der Waals surface area contributed by atoms with E-state index < -0.39 is 25.2 Å². The number of carbonyl (C=O) groups is 1. The van der Waals surface area contributed by atoms with Crippen molar-refractivity contribution in [1.29, 1.82) is 0 Å². The molecule has 0 aliphatic carbocycles. The van der Waals surface area contributed by atoms with E-state index in [1.54, 1.807) is 18.2 Å². The molecule has 3 aromatic rings. The van der Waals surface area contributed by atoms with E-state index in [1.165, 1.54) is 32.6 Å². The maximum absolute atomic E-state index is 12.9. The Hall–Kier alpha value is -3.57. The van der Waals surface area contributed by atoms with Gasteiger partial charge in [0.15, 0.2) is 11.5 Å². The van der Waals surface area contributed by atoms with Gasteiger partial charge in [-0.15, -0.1) is 10.2 Å². The zero-order valence-corrected chi connectivity index (χ0v) is 16.1. The number of hydrogen-bond acceptors (Lipinski definition) is 7. The third-order valence-corrected chi connectivity index (χ3v) is 4.02. The van der Waals surface area contributed by atoms with E-state index in [9.17, 15) is 18.0 Å². The Morgan fingerprint density at radius 2 is 1.97 bits per heavy atom. The zero-order valence-electron chi connectivity index (χ0n) is 16.1. The van der Waals surface area contributed by atoms with Crippen LogP contribution in [-0.4, -0.2) is 58.0 Å². The minimum absolute atomic E-state index is 0.178. The smallest absolute Gasteiger partial charge is 0.406 e. The number of nitrogens with zero attached hydrogens (tertiary/aromatic N) is 5. The van der Waals surface area contributed by atoms with Crippen LogP contribution < -0.4 is 9.47 Å². The van der Waals surface area contributed by atoms with Crippen molar-refractivity contribution in [3.8, 4) is 22.9 Å². The minimum atomic E-state index is -4.57.